The van der Waals surface area contributed by atoms with Crippen molar-refractivity contribution < 1.29 is 23.1 Å². The fourth-order valence-corrected chi connectivity index (χ4v) is 2.24. The van der Waals surface area contributed by atoms with Crippen molar-refractivity contribution in [2.45, 2.75) is 17.9 Å². The lowest BCUT2D eigenvalue weighted by atomic mass is 10.2. The maximum atomic E-state index is 13.5. The fourth-order valence-electron chi connectivity index (χ4n) is 1.83. The predicted molar refractivity (Wildman–Crippen MR) is 88.1 cm³/mol. The average Bonchev–Trinajstić information content (AvgIpc) is 2.57. The molecular formula is C17H15F2NO3S. The molecule has 126 valence electrons. The highest BCUT2D eigenvalue weighted by molar-refractivity contribution is 7.98. The van der Waals surface area contributed by atoms with E-state index < -0.39 is 29.6 Å². The molecule has 0 aromatic heterocycles. The van der Waals surface area contributed by atoms with Crippen LogP contribution in [0.2, 0.25) is 0 Å². The molecule has 2 rings (SSSR count). The van der Waals surface area contributed by atoms with Crippen LogP contribution in [0.25, 0.3) is 0 Å². The van der Waals surface area contributed by atoms with E-state index in [1.807, 2.05) is 6.26 Å². The minimum atomic E-state index is -1.14. The summed E-state index contributed by atoms with van der Waals surface area (Å²) in [5.41, 5.74) is 0.119. The molecule has 0 heterocycles. The molecule has 0 aliphatic carbocycles. The number of carbonyl (C=O) groups is 2. The quantitative estimate of drug-likeness (QED) is 0.656. The Kier molecular flexibility index (Phi) is 5.92. The Bertz CT molecular complexity index is 750. The van der Waals surface area contributed by atoms with Gasteiger partial charge in [-0.1, -0.05) is 0 Å². The molecule has 7 heteroatoms. The molecule has 0 spiro atoms. The van der Waals surface area contributed by atoms with Gasteiger partial charge in [0, 0.05) is 11.0 Å². The lowest BCUT2D eigenvalue weighted by molar-refractivity contribution is -0.123. The molecular weight excluding hydrogens is 336 g/mol. The van der Waals surface area contributed by atoms with Gasteiger partial charge in [0.2, 0.25) is 0 Å². The first-order valence-corrected chi connectivity index (χ1v) is 8.24. The SMILES string of the molecule is CSc1ccc(C(=O)O[C@@H](C)C(=O)Nc2ccc(F)cc2F)cc1. The standard InChI is InChI=1S/C17H15F2NO3S/c1-10(16(21)20-15-8-5-12(18)9-14(15)19)23-17(22)11-3-6-13(24-2)7-4-11/h3-10H,1-2H3,(H,20,21)/t10-/m0/s1. The third-order valence-corrected chi connectivity index (χ3v) is 3.91. The third-order valence-electron chi connectivity index (χ3n) is 3.17. The van der Waals surface area contributed by atoms with E-state index in [1.54, 1.807) is 24.3 Å². The van der Waals surface area contributed by atoms with Gasteiger partial charge < -0.3 is 10.1 Å². The van der Waals surface area contributed by atoms with E-state index >= 15 is 0 Å². The molecule has 0 saturated heterocycles. The van der Waals surface area contributed by atoms with Crippen molar-refractivity contribution in [2.75, 3.05) is 11.6 Å². The van der Waals surface area contributed by atoms with Crippen molar-refractivity contribution >= 4 is 29.3 Å². The van der Waals surface area contributed by atoms with Gasteiger partial charge in [-0.25, -0.2) is 13.6 Å². The number of thioether (sulfide) groups is 1. The van der Waals surface area contributed by atoms with Gasteiger partial charge in [0.05, 0.1) is 11.3 Å². The smallest absolute Gasteiger partial charge is 0.338 e. The Morgan fingerprint density at radius 3 is 2.38 bits per heavy atom. The summed E-state index contributed by atoms with van der Waals surface area (Å²) in [5.74, 6) is -3.03. The summed E-state index contributed by atoms with van der Waals surface area (Å²) >= 11 is 1.53. The minimum Gasteiger partial charge on any atom is -0.449 e. The van der Waals surface area contributed by atoms with E-state index in [0.29, 0.717) is 11.6 Å². The summed E-state index contributed by atoms with van der Waals surface area (Å²) < 4.78 is 31.4. The topological polar surface area (TPSA) is 55.4 Å². The summed E-state index contributed by atoms with van der Waals surface area (Å²) in [6, 6.07) is 9.48. The van der Waals surface area contributed by atoms with Crippen LogP contribution in [0.1, 0.15) is 17.3 Å². The average molecular weight is 351 g/mol. The molecule has 0 aliphatic heterocycles. The van der Waals surface area contributed by atoms with E-state index in [4.69, 9.17) is 4.74 Å². The second kappa shape index (κ2) is 7.92. The Morgan fingerprint density at radius 1 is 1.12 bits per heavy atom. The van der Waals surface area contributed by atoms with Gasteiger partial charge in [-0.15, -0.1) is 11.8 Å². The minimum absolute atomic E-state index is 0.186. The van der Waals surface area contributed by atoms with Crippen molar-refractivity contribution in [3.63, 3.8) is 0 Å². The maximum Gasteiger partial charge on any atom is 0.338 e. The van der Waals surface area contributed by atoms with Crippen molar-refractivity contribution in [2.24, 2.45) is 0 Å². The molecule has 0 radical (unpaired) electrons. The first kappa shape index (κ1) is 17.9. The van der Waals surface area contributed by atoms with Crippen LogP contribution in [0.3, 0.4) is 0 Å². The molecule has 1 amide bonds. The normalized spacial score (nSPS) is 11.7. The highest BCUT2D eigenvalue weighted by Gasteiger charge is 2.20. The summed E-state index contributed by atoms with van der Waals surface area (Å²) in [5, 5.41) is 2.25. The number of halogens is 2. The van der Waals surface area contributed by atoms with Crippen LogP contribution >= 0.6 is 11.8 Å². The van der Waals surface area contributed by atoms with Gasteiger partial charge in [-0.05, 0) is 49.6 Å². The Morgan fingerprint density at radius 2 is 1.79 bits per heavy atom. The van der Waals surface area contributed by atoms with Crippen molar-refractivity contribution in [3.8, 4) is 0 Å². The Balaban J connectivity index is 1.98. The van der Waals surface area contributed by atoms with E-state index in [0.717, 1.165) is 17.0 Å². The Hall–Kier alpha value is -2.41. The molecule has 0 aliphatic rings. The van der Waals surface area contributed by atoms with Crippen molar-refractivity contribution in [1.82, 2.24) is 0 Å². The van der Waals surface area contributed by atoms with Crippen LogP contribution in [0.15, 0.2) is 47.4 Å². The van der Waals surface area contributed by atoms with Crippen LogP contribution in [0, 0.1) is 11.6 Å². The summed E-state index contributed by atoms with van der Waals surface area (Å²) in [6.07, 6.45) is 0.774. The lowest BCUT2D eigenvalue weighted by Crippen LogP contribution is -2.30. The van der Waals surface area contributed by atoms with Crippen LogP contribution in [0.5, 0.6) is 0 Å². The number of nitrogens with one attached hydrogen (secondary N) is 1. The van der Waals surface area contributed by atoms with Gasteiger partial charge >= 0.3 is 5.97 Å². The van der Waals surface area contributed by atoms with Crippen LogP contribution in [-0.4, -0.2) is 24.2 Å². The molecule has 24 heavy (non-hydrogen) atoms. The molecule has 1 atom stereocenters. The van der Waals surface area contributed by atoms with Crippen LogP contribution in [-0.2, 0) is 9.53 Å². The lowest BCUT2D eigenvalue weighted by Gasteiger charge is -2.14. The molecule has 0 unspecified atom stereocenters. The summed E-state index contributed by atoms with van der Waals surface area (Å²) in [7, 11) is 0. The van der Waals surface area contributed by atoms with Gasteiger partial charge in [0.15, 0.2) is 6.10 Å². The second-order valence-corrected chi connectivity index (χ2v) is 5.77. The largest absolute Gasteiger partial charge is 0.449 e. The predicted octanol–water partition coefficient (Wildman–Crippen LogP) is 3.87. The number of hydrogen-bond acceptors (Lipinski definition) is 4. The Labute approximate surface area is 142 Å². The molecule has 0 fully saturated rings. The number of benzene rings is 2. The van der Waals surface area contributed by atoms with Gasteiger partial charge in [0.25, 0.3) is 5.91 Å². The first-order valence-electron chi connectivity index (χ1n) is 7.01. The maximum absolute atomic E-state index is 13.5. The molecule has 2 aromatic rings. The molecule has 2 aromatic carbocycles. The zero-order valence-electron chi connectivity index (χ0n) is 13.0. The number of amides is 1. The number of esters is 1. The molecule has 4 nitrogen and oxygen atoms in total. The highest BCUT2D eigenvalue weighted by atomic mass is 32.2. The zero-order valence-corrected chi connectivity index (χ0v) is 13.8. The molecule has 1 N–H and O–H groups in total. The highest BCUT2D eigenvalue weighted by Crippen LogP contribution is 2.17. The summed E-state index contributed by atoms with van der Waals surface area (Å²) in [6.45, 7) is 1.37. The van der Waals surface area contributed by atoms with Gasteiger partial charge in [-0.2, -0.15) is 0 Å². The fraction of sp³-hybridized carbons (Fsp3) is 0.176. The van der Waals surface area contributed by atoms with E-state index in [9.17, 15) is 18.4 Å². The number of carbonyl (C=O) groups excluding carboxylic acids is 2. The monoisotopic (exact) mass is 351 g/mol. The molecule has 0 saturated carbocycles. The number of anilines is 1. The van der Waals surface area contributed by atoms with Gasteiger partial charge in [0.1, 0.15) is 11.6 Å². The van der Waals surface area contributed by atoms with Gasteiger partial charge in [-0.3, -0.25) is 4.79 Å². The zero-order chi connectivity index (χ0) is 17.7. The van der Waals surface area contributed by atoms with Crippen LogP contribution < -0.4 is 5.32 Å². The van der Waals surface area contributed by atoms with Crippen LogP contribution in [0.4, 0.5) is 14.5 Å². The number of hydrogen-bond donors (Lipinski definition) is 1. The summed E-state index contributed by atoms with van der Waals surface area (Å²) in [4.78, 5) is 24.9. The van der Waals surface area contributed by atoms with Crippen molar-refractivity contribution in [3.05, 3.63) is 59.7 Å². The number of rotatable bonds is 5. The number of ether oxygens (including phenoxy) is 1. The van der Waals surface area contributed by atoms with E-state index in [1.165, 1.54) is 18.7 Å². The first-order chi connectivity index (χ1) is 11.4. The molecule has 0 bridgehead atoms. The second-order valence-electron chi connectivity index (χ2n) is 4.89. The van der Waals surface area contributed by atoms with Crippen molar-refractivity contribution in [1.29, 1.82) is 0 Å². The van der Waals surface area contributed by atoms with E-state index in [2.05, 4.69) is 5.32 Å². The third kappa shape index (κ3) is 4.55. The van der Waals surface area contributed by atoms with E-state index in [-0.39, 0.29) is 5.69 Å².